The summed E-state index contributed by atoms with van der Waals surface area (Å²) in [6.45, 7) is 7.34. The first-order chi connectivity index (χ1) is 9.60. The first-order valence-electron chi connectivity index (χ1n) is 7.09. The van der Waals surface area contributed by atoms with E-state index in [1.165, 1.54) is 0 Å². The number of carbonyl (C=O) groups excluding carboxylic acids is 1. The van der Waals surface area contributed by atoms with Gasteiger partial charge >= 0.3 is 0 Å². The van der Waals surface area contributed by atoms with Crippen molar-refractivity contribution in [3.63, 3.8) is 0 Å². The lowest BCUT2D eigenvalue weighted by Crippen LogP contribution is -2.33. The van der Waals surface area contributed by atoms with Crippen LogP contribution in [0.2, 0.25) is 0 Å². The molecule has 3 heteroatoms. The van der Waals surface area contributed by atoms with Crippen molar-refractivity contribution >= 4 is 16.7 Å². The third-order valence-corrected chi connectivity index (χ3v) is 3.85. The number of hydrogen-bond acceptors (Lipinski definition) is 2. The van der Waals surface area contributed by atoms with E-state index in [0.717, 1.165) is 29.4 Å². The monoisotopic (exact) mass is 271 g/mol. The van der Waals surface area contributed by atoms with Crippen LogP contribution in [0.15, 0.2) is 36.4 Å². The molecule has 0 aliphatic heterocycles. The van der Waals surface area contributed by atoms with E-state index in [1.54, 1.807) is 6.07 Å². The van der Waals surface area contributed by atoms with Crippen LogP contribution in [-0.2, 0) is 4.79 Å². The zero-order valence-electron chi connectivity index (χ0n) is 12.3. The smallest absolute Gasteiger partial charge is 0.229 e. The summed E-state index contributed by atoms with van der Waals surface area (Å²) in [5, 5.41) is 11.7. The van der Waals surface area contributed by atoms with Crippen LogP contribution in [0.5, 0.6) is 5.75 Å². The highest BCUT2D eigenvalue weighted by Crippen LogP contribution is 2.32. The molecule has 0 saturated heterocycles. The quantitative estimate of drug-likeness (QED) is 0.924. The fourth-order valence-corrected chi connectivity index (χ4v) is 2.63. The Morgan fingerprint density at radius 1 is 1.10 bits per heavy atom. The molecular weight excluding hydrogens is 250 g/mol. The number of fused-ring (bicyclic) bond motifs is 1. The average molecular weight is 271 g/mol. The Bertz CT molecular complexity index is 617. The van der Waals surface area contributed by atoms with Crippen LogP contribution in [0.1, 0.15) is 32.3 Å². The summed E-state index contributed by atoms with van der Waals surface area (Å²) in [5.74, 6) is 0.179. The van der Waals surface area contributed by atoms with E-state index in [0.29, 0.717) is 0 Å². The van der Waals surface area contributed by atoms with E-state index in [1.807, 2.05) is 56.0 Å². The number of rotatable bonds is 4. The minimum absolute atomic E-state index is 0.130. The first-order valence-corrected chi connectivity index (χ1v) is 7.09. The second-order valence-corrected chi connectivity index (χ2v) is 4.95. The molecule has 2 aromatic carbocycles. The summed E-state index contributed by atoms with van der Waals surface area (Å²) in [4.78, 5) is 14.3. The summed E-state index contributed by atoms with van der Waals surface area (Å²) in [7, 11) is 0. The molecule has 1 amide bonds. The highest BCUT2D eigenvalue weighted by Gasteiger charge is 2.22. The Morgan fingerprint density at radius 2 is 1.70 bits per heavy atom. The molecule has 0 fully saturated rings. The molecule has 0 radical (unpaired) electrons. The van der Waals surface area contributed by atoms with Crippen molar-refractivity contribution in [2.24, 2.45) is 0 Å². The molecule has 0 aromatic heterocycles. The molecule has 0 heterocycles. The fourth-order valence-electron chi connectivity index (χ4n) is 2.63. The highest BCUT2D eigenvalue weighted by molar-refractivity contribution is 5.95. The number of benzene rings is 2. The molecule has 2 rings (SSSR count). The maximum absolute atomic E-state index is 12.5. The van der Waals surface area contributed by atoms with Gasteiger partial charge in [-0.1, -0.05) is 30.3 Å². The number of carbonyl (C=O) groups is 1. The van der Waals surface area contributed by atoms with Crippen LogP contribution >= 0.6 is 0 Å². The van der Waals surface area contributed by atoms with Crippen LogP contribution in [0.3, 0.4) is 0 Å². The summed E-state index contributed by atoms with van der Waals surface area (Å²) < 4.78 is 0. The summed E-state index contributed by atoms with van der Waals surface area (Å²) >= 11 is 0. The Morgan fingerprint density at radius 3 is 2.30 bits per heavy atom. The lowest BCUT2D eigenvalue weighted by atomic mass is 9.93. The summed E-state index contributed by atoms with van der Waals surface area (Å²) in [6, 6.07) is 11.2. The normalized spacial score (nSPS) is 12.3. The molecule has 0 saturated carbocycles. The van der Waals surface area contributed by atoms with E-state index in [4.69, 9.17) is 0 Å². The molecule has 0 aliphatic carbocycles. The molecule has 0 spiro atoms. The molecule has 1 atom stereocenters. The van der Waals surface area contributed by atoms with Gasteiger partial charge in [-0.2, -0.15) is 0 Å². The second kappa shape index (κ2) is 5.95. The largest absolute Gasteiger partial charge is 0.507 e. The van der Waals surface area contributed by atoms with Gasteiger partial charge in [0.05, 0.1) is 5.92 Å². The number of aromatic hydroxyl groups is 1. The van der Waals surface area contributed by atoms with E-state index < -0.39 is 0 Å². The maximum atomic E-state index is 12.5. The van der Waals surface area contributed by atoms with Crippen molar-refractivity contribution in [3.8, 4) is 5.75 Å². The van der Waals surface area contributed by atoms with Gasteiger partial charge < -0.3 is 10.0 Å². The van der Waals surface area contributed by atoms with Crippen LogP contribution in [0.4, 0.5) is 0 Å². The minimum Gasteiger partial charge on any atom is -0.507 e. The third-order valence-electron chi connectivity index (χ3n) is 3.85. The molecule has 20 heavy (non-hydrogen) atoms. The van der Waals surface area contributed by atoms with Crippen LogP contribution < -0.4 is 0 Å². The molecule has 1 unspecified atom stereocenters. The van der Waals surface area contributed by atoms with Gasteiger partial charge in [0.15, 0.2) is 0 Å². The van der Waals surface area contributed by atoms with Crippen molar-refractivity contribution in [1.82, 2.24) is 4.90 Å². The molecule has 0 bridgehead atoms. The number of phenols is 1. The van der Waals surface area contributed by atoms with E-state index >= 15 is 0 Å². The van der Waals surface area contributed by atoms with E-state index in [-0.39, 0.29) is 17.6 Å². The Balaban J connectivity index is 2.48. The van der Waals surface area contributed by atoms with Crippen LogP contribution in [-0.4, -0.2) is 29.0 Å². The second-order valence-electron chi connectivity index (χ2n) is 4.95. The van der Waals surface area contributed by atoms with Gasteiger partial charge in [0.2, 0.25) is 5.91 Å². The van der Waals surface area contributed by atoms with Crippen molar-refractivity contribution in [1.29, 1.82) is 0 Å². The van der Waals surface area contributed by atoms with Gasteiger partial charge in [-0.3, -0.25) is 4.79 Å². The maximum Gasteiger partial charge on any atom is 0.229 e. The predicted octanol–water partition coefficient (Wildman–Crippen LogP) is 3.52. The lowest BCUT2D eigenvalue weighted by Gasteiger charge is -2.24. The van der Waals surface area contributed by atoms with Gasteiger partial charge in [-0.25, -0.2) is 0 Å². The molecular formula is C17H21NO2. The van der Waals surface area contributed by atoms with Crippen molar-refractivity contribution in [2.75, 3.05) is 13.1 Å². The number of phenolic OH excluding ortho intramolecular Hbond substituents is 1. The zero-order chi connectivity index (χ0) is 14.7. The van der Waals surface area contributed by atoms with Crippen molar-refractivity contribution in [3.05, 3.63) is 42.0 Å². The van der Waals surface area contributed by atoms with Crippen LogP contribution in [0.25, 0.3) is 10.8 Å². The molecule has 0 aliphatic rings. The zero-order valence-corrected chi connectivity index (χ0v) is 12.3. The SMILES string of the molecule is CCN(CC)C(=O)C(C)c1ccc(O)c2ccccc12. The molecule has 2 aromatic rings. The van der Waals surface area contributed by atoms with Gasteiger partial charge in [-0.05, 0) is 37.8 Å². The molecule has 106 valence electrons. The first kappa shape index (κ1) is 14.4. The van der Waals surface area contributed by atoms with Gasteiger partial charge in [0, 0.05) is 18.5 Å². The standard InChI is InChI=1S/C17H21NO2/c1-4-18(5-2)17(20)12(3)13-10-11-16(19)15-9-7-6-8-14(13)15/h6-12,19H,4-5H2,1-3H3. The fraction of sp³-hybridized carbons (Fsp3) is 0.353. The number of amides is 1. The van der Waals surface area contributed by atoms with Crippen LogP contribution in [0, 0.1) is 0 Å². The summed E-state index contributed by atoms with van der Waals surface area (Å²) in [5.41, 5.74) is 0.968. The Labute approximate surface area is 119 Å². The Kier molecular flexibility index (Phi) is 4.28. The number of nitrogens with zero attached hydrogens (tertiary/aromatic N) is 1. The van der Waals surface area contributed by atoms with E-state index in [9.17, 15) is 9.90 Å². The highest BCUT2D eigenvalue weighted by atomic mass is 16.3. The lowest BCUT2D eigenvalue weighted by molar-refractivity contribution is -0.132. The predicted molar refractivity (Wildman–Crippen MR) is 82.0 cm³/mol. The van der Waals surface area contributed by atoms with Crippen molar-refractivity contribution < 1.29 is 9.90 Å². The van der Waals surface area contributed by atoms with Crippen molar-refractivity contribution in [2.45, 2.75) is 26.7 Å². The molecule has 3 nitrogen and oxygen atoms in total. The average Bonchev–Trinajstić information content (AvgIpc) is 2.48. The number of hydrogen-bond donors (Lipinski definition) is 1. The van der Waals surface area contributed by atoms with Gasteiger partial charge in [0.1, 0.15) is 5.75 Å². The summed E-state index contributed by atoms with van der Waals surface area (Å²) in [6.07, 6.45) is 0. The van der Waals surface area contributed by atoms with E-state index in [2.05, 4.69) is 0 Å². The third kappa shape index (κ3) is 2.48. The number of likely N-dealkylation sites (N-methyl/N-ethyl adjacent to an activating group) is 1. The molecule has 1 N–H and O–H groups in total. The Hall–Kier alpha value is -2.03. The van der Waals surface area contributed by atoms with Gasteiger partial charge in [-0.15, -0.1) is 0 Å². The van der Waals surface area contributed by atoms with Gasteiger partial charge in [0.25, 0.3) is 0 Å². The topological polar surface area (TPSA) is 40.5 Å². The minimum atomic E-state index is -0.208.